The lowest BCUT2D eigenvalue weighted by Crippen LogP contribution is -2.51. The van der Waals surface area contributed by atoms with Gasteiger partial charge in [-0.3, -0.25) is 9.59 Å². The molecule has 0 saturated carbocycles. The zero-order chi connectivity index (χ0) is 20.1. The smallest absolute Gasteiger partial charge is 0.262 e. The molecule has 1 aromatic carbocycles. The minimum atomic E-state index is -0.581. The maximum atomic E-state index is 13.4. The molecule has 0 radical (unpaired) electrons. The summed E-state index contributed by atoms with van der Waals surface area (Å²) in [6.07, 6.45) is 4.30. The quantitative estimate of drug-likeness (QED) is 0.650. The van der Waals surface area contributed by atoms with Gasteiger partial charge < -0.3 is 10.2 Å². The van der Waals surface area contributed by atoms with E-state index in [1.807, 2.05) is 58.3 Å². The van der Waals surface area contributed by atoms with E-state index < -0.39 is 6.04 Å². The number of aromatic nitrogens is 1. The largest absolute Gasteiger partial charge is 0.340 e. The number of benzene rings is 1. The van der Waals surface area contributed by atoms with Crippen LogP contribution in [-0.2, 0) is 11.2 Å². The molecule has 4 rings (SSSR count). The number of nitrogens with zero attached hydrogens (tertiary/aromatic N) is 2. The zero-order valence-corrected chi connectivity index (χ0v) is 17.6. The summed E-state index contributed by atoms with van der Waals surface area (Å²) in [6, 6.07) is 12.9. The Morgan fingerprint density at radius 3 is 2.72 bits per heavy atom. The minimum absolute atomic E-state index is 0.0139. The SMILES string of the molecule is O=C(NC(Cc1ccccc1)C(=O)N1CCCC(c2nccs2)C1)c1cccs1. The number of thiazole rings is 1. The number of thiophene rings is 1. The Hall–Kier alpha value is -2.51. The average molecular weight is 426 g/mol. The van der Waals surface area contributed by atoms with Gasteiger partial charge in [-0.1, -0.05) is 36.4 Å². The van der Waals surface area contributed by atoms with E-state index in [2.05, 4.69) is 10.3 Å². The van der Waals surface area contributed by atoms with Crippen LogP contribution in [0, 0.1) is 0 Å². The van der Waals surface area contributed by atoms with Crippen LogP contribution in [0.1, 0.15) is 39.0 Å². The van der Waals surface area contributed by atoms with E-state index in [4.69, 9.17) is 0 Å². The fourth-order valence-electron chi connectivity index (χ4n) is 3.72. The van der Waals surface area contributed by atoms with Crippen LogP contribution in [0.3, 0.4) is 0 Å². The van der Waals surface area contributed by atoms with Gasteiger partial charge in [0.25, 0.3) is 5.91 Å². The van der Waals surface area contributed by atoms with Gasteiger partial charge in [0.05, 0.1) is 9.88 Å². The molecule has 2 atom stereocenters. The summed E-state index contributed by atoms with van der Waals surface area (Å²) in [5, 5.41) is 7.92. The summed E-state index contributed by atoms with van der Waals surface area (Å²) in [6.45, 7) is 1.38. The van der Waals surface area contributed by atoms with Gasteiger partial charge >= 0.3 is 0 Å². The summed E-state index contributed by atoms with van der Waals surface area (Å²) in [5.74, 6) is 0.0702. The molecule has 1 aliphatic rings. The topological polar surface area (TPSA) is 62.3 Å². The summed E-state index contributed by atoms with van der Waals surface area (Å²) in [7, 11) is 0. The molecule has 0 bridgehead atoms. The molecule has 2 aromatic heterocycles. The highest BCUT2D eigenvalue weighted by Gasteiger charge is 2.31. The van der Waals surface area contributed by atoms with Crippen LogP contribution >= 0.6 is 22.7 Å². The predicted octanol–water partition coefficient (Wildman–Crippen LogP) is 3.95. The molecule has 0 spiro atoms. The number of hydrogen-bond acceptors (Lipinski definition) is 5. The van der Waals surface area contributed by atoms with Gasteiger partial charge in [-0.2, -0.15) is 0 Å². The van der Waals surface area contributed by atoms with E-state index >= 15 is 0 Å². The molecule has 7 heteroatoms. The molecule has 1 aliphatic heterocycles. The van der Waals surface area contributed by atoms with Crippen LogP contribution in [0.25, 0.3) is 0 Å². The van der Waals surface area contributed by atoms with Crippen molar-refractivity contribution >= 4 is 34.5 Å². The molecular weight excluding hydrogens is 402 g/mol. The number of rotatable bonds is 6. The lowest BCUT2D eigenvalue weighted by atomic mass is 9.97. The fraction of sp³-hybridized carbons (Fsp3) is 0.318. The number of carbonyl (C=O) groups excluding carboxylic acids is 2. The molecular formula is C22H23N3O2S2. The first-order chi connectivity index (χ1) is 14.2. The van der Waals surface area contributed by atoms with E-state index in [1.54, 1.807) is 17.4 Å². The van der Waals surface area contributed by atoms with Crippen LogP contribution in [0.2, 0.25) is 0 Å². The van der Waals surface area contributed by atoms with Crippen molar-refractivity contribution in [3.05, 3.63) is 74.9 Å². The van der Waals surface area contributed by atoms with Crippen LogP contribution in [0.5, 0.6) is 0 Å². The van der Waals surface area contributed by atoms with Crippen LogP contribution in [-0.4, -0.2) is 40.8 Å². The second-order valence-corrected chi connectivity index (χ2v) is 9.06. The third kappa shape index (κ3) is 4.92. The van der Waals surface area contributed by atoms with Crippen LogP contribution in [0.4, 0.5) is 0 Å². The molecule has 1 saturated heterocycles. The zero-order valence-electron chi connectivity index (χ0n) is 16.0. The number of hydrogen-bond donors (Lipinski definition) is 1. The molecule has 2 amide bonds. The molecule has 3 heterocycles. The van der Waals surface area contributed by atoms with Crippen molar-refractivity contribution in [3.8, 4) is 0 Å². The lowest BCUT2D eigenvalue weighted by Gasteiger charge is -2.34. The van der Waals surface area contributed by atoms with E-state index in [0.29, 0.717) is 17.8 Å². The monoisotopic (exact) mass is 425 g/mol. The van der Waals surface area contributed by atoms with Gasteiger partial charge in [-0.15, -0.1) is 22.7 Å². The molecule has 29 heavy (non-hydrogen) atoms. The van der Waals surface area contributed by atoms with Crippen molar-refractivity contribution in [1.29, 1.82) is 0 Å². The molecule has 0 aliphatic carbocycles. The van der Waals surface area contributed by atoms with Gasteiger partial charge in [-0.25, -0.2) is 4.98 Å². The van der Waals surface area contributed by atoms with Crippen molar-refractivity contribution in [2.75, 3.05) is 13.1 Å². The van der Waals surface area contributed by atoms with Crippen molar-refractivity contribution in [2.45, 2.75) is 31.2 Å². The Morgan fingerprint density at radius 1 is 1.14 bits per heavy atom. The van der Waals surface area contributed by atoms with Gasteiger partial charge in [0, 0.05) is 37.0 Å². The van der Waals surface area contributed by atoms with Gasteiger partial charge in [0.15, 0.2) is 0 Å². The number of nitrogens with one attached hydrogen (secondary N) is 1. The molecule has 1 fully saturated rings. The highest BCUT2D eigenvalue weighted by Crippen LogP contribution is 2.28. The highest BCUT2D eigenvalue weighted by molar-refractivity contribution is 7.12. The van der Waals surface area contributed by atoms with Gasteiger partial charge in [0.1, 0.15) is 6.04 Å². The first-order valence-corrected chi connectivity index (χ1v) is 11.5. The molecule has 1 N–H and O–H groups in total. The fourth-order valence-corrected chi connectivity index (χ4v) is 5.12. The maximum Gasteiger partial charge on any atom is 0.262 e. The van der Waals surface area contributed by atoms with E-state index in [0.717, 1.165) is 30.0 Å². The molecule has 2 unspecified atom stereocenters. The Bertz CT molecular complexity index is 926. The summed E-state index contributed by atoms with van der Waals surface area (Å²) in [4.78, 5) is 33.0. The first kappa shape index (κ1) is 19.8. The molecule has 3 aromatic rings. The third-order valence-corrected chi connectivity index (χ3v) is 6.97. The Kier molecular flexibility index (Phi) is 6.36. The summed E-state index contributed by atoms with van der Waals surface area (Å²) >= 11 is 3.03. The van der Waals surface area contributed by atoms with E-state index in [9.17, 15) is 9.59 Å². The lowest BCUT2D eigenvalue weighted by molar-refractivity contribution is -0.134. The highest BCUT2D eigenvalue weighted by atomic mass is 32.1. The van der Waals surface area contributed by atoms with Crippen molar-refractivity contribution in [2.24, 2.45) is 0 Å². The number of likely N-dealkylation sites (tertiary alicyclic amines) is 1. The van der Waals surface area contributed by atoms with Gasteiger partial charge in [-0.05, 0) is 29.9 Å². The Morgan fingerprint density at radius 2 is 2.00 bits per heavy atom. The van der Waals surface area contributed by atoms with E-state index in [-0.39, 0.29) is 17.7 Å². The summed E-state index contributed by atoms with van der Waals surface area (Å²) in [5.41, 5.74) is 1.03. The maximum absolute atomic E-state index is 13.4. The second kappa shape index (κ2) is 9.33. The number of piperidine rings is 1. The Labute approximate surface area is 178 Å². The minimum Gasteiger partial charge on any atom is -0.340 e. The van der Waals surface area contributed by atoms with Crippen molar-refractivity contribution < 1.29 is 9.59 Å². The normalized spacial score (nSPS) is 17.7. The van der Waals surface area contributed by atoms with Crippen LogP contribution < -0.4 is 5.32 Å². The Balaban J connectivity index is 1.51. The first-order valence-electron chi connectivity index (χ1n) is 9.77. The van der Waals surface area contributed by atoms with Crippen molar-refractivity contribution in [3.63, 3.8) is 0 Å². The van der Waals surface area contributed by atoms with Crippen molar-refractivity contribution in [1.82, 2.24) is 15.2 Å². The standard InChI is InChI=1S/C22H23N3O2S2/c26-20(19-9-5-12-28-19)24-18(14-16-6-2-1-3-7-16)22(27)25-11-4-8-17(15-25)21-23-10-13-29-21/h1-3,5-7,9-10,12-13,17-18H,4,8,11,14-15H2,(H,24,26). The molecule has 150 valence electrons. The second-order valence-electron chi connectivity index (χ2n) is 7.19. The van der Waals surface area contributed by atoms with Crippen LogP contribution in [0.15, 0.2) is 59.4 Å². The number of carbonyl (C=O) groups is 2. The van der Waals surface area contributed by atoms with Gasteiger partial charge in [0.2, 0.25) is 5.91 Å². The average Bonchev–Trinajstić information content (AvgIpc) is 3.48. The predicted molar refractivity (Wildman–Crippen MR) is 116 cm³/mol. The number of amides is 2. The third-order valence-electron chi connectivity index (χ3n) is 5.16. The summed E-state index contributed by atoms with van der Waals surface area (Å²) < 4.78 is 0. The molecule has 5 nitrogen and oxygen atoms in total. The van der Waals surface area contributed by atoms with E-state index in [1.165, 1.54) is 11.3 Å².